The lowest BCUT2D eigenvalue weighted by Gasteiger charge is -2.25. The van der Waals surface area contributed by atoms with Gasteiger partial charge in [-0.25, -0.2) is 0 Å². The number of ether oxygens (including phenoxy) is 2. The monoisotopic (exact) mass is 432 g/mol. The lowest BCUT2D eigenvalue weighted by atomic mass is 10.3. The van der Waals surface area contributed by atoms with Crippen LogP contribution in [0.1, 0.15) is 0 Å². The van der Waals surface area contributed by atoms with E-state index < -0.39 is 10.9 Å². The van der Waals surface area contributed by atoms with E-state index in [1.165, 1.54) is 11.0 Å². The van der Waals surface area contributed by atoms with E-state index in [0.29, 0.717) is 13.2 Å². The molecule has 0 N–H and O–H groups in total. The standard InChI is InChI=1S/C16H18O4P2S3/c1-17-13-3-7-15(8-4-13)21(23)19-11-12-20-22(24,25-21)16-9-5-14(18-2)6-10-16/h3-10H,11-12H2,1-2H3. The molecule has 134 valence electrons. The second-order valence-corrected chi connectivity index (χ2v) is 18.4. The van der Waals surface area contributed by atoms with Gasteiger partial charge in [-0.2, -0.15) is 0 Å². The molecule has 4 nitrogen and oxygen atoms in total. The Balaban J connectivity index is 1.95. The van der Waals surface area contributed by atoms with E-state index in [9.17, 15) is 0 Å². The van der Waals surface area contributed by atoms with Crippen LogP contribution >= 0.6 is 21.9 Å². The highest BCUT2D eigenvalue weighted by atomic mass is 33.2. The number of rotatable bonds is 4. The van der Waals surface area contributed by atoms with Crippen LogP contribution in [0.3, 0.4) is 0 Å². The fourth-order valence-corrected chi connectivity index (χ4v) is 20.2. The van der Waals surface area contributed by atoms with Crippen molar-refractivity contribution in [3.8, 4) is 11.5 Å². The maximum atomic E-state index is 6.07. The molecule has 1 saturated heterocycles. The van der Waals surface area contributed by atoms with Crippen molar-refractivity contribution in [3.63, 3.8) is 0 Å². The molecule has 0 radical (unpaired) electrons. The Morgan fingerprint density at radius 2 is 1.12 bits per heavy atom. The van der Waals surface area contributed by atoms with Crippen LogP contribution in [0.5, 0.6) is 11.5 Å². The zero-order valence-electron chi connectivity index (χ0n) is 13.8. The average Bonchev–Trinajstić information content (AvgIpc) is 2.81. The molecule has 0 bridgehead atoms. The van der Waals surface area contributed by atoms with Gasteiger partial charge in [-0.15, -0.1) is 0 Å². The summed E-state index contributed by atoms with van der Waals surface area (Å²) in [6.45, 7) is 0.899. The Labute approximate surface area is 161 Å². The fourth-order valence-electron chi connectivity index (χ4n) is 2.28. The molecule has 1 fully saturated rings. The Bertz CT molecular complexity index is 755. The molecule has 9 heteroatoms. The Kier molecular flexibility index (Phi) is 6.27. The summed E-state index contributed by atoms with van der Waals surface area (Å²) in [5, 5.41) is 1.95. The second-order valence-electron chi connectivity index (χ2n) is 5.14. The molecule has 1 heterocycles. The van der Waals surface area contributed by atoms with E-state index in [-0.39, 0.29) is 0 Å². The van der Waals surface area contributed by atoms with E-state index in [0.717, 1.165) is 22.1 Å². The van der Waals surface area contributed by atoms with Crippen LogP contribution in [0, 0.1) is 0 Å². The number of hydrogen-bond acceptors (Lipinski definition) is 7. The molecule has 2 aromatic rings. The average molecular weight is 432 g/mol. The van der Waals surface area contributed by atoms with Crippen LogP contribution in [0.4, 0.5) is 0 Å². The first-order chi connectivity index (χ1) is 12.0. The molecule has 3 rings (SSSR count). The van der Waals surface area contributed by atoms with Gasteiger partial charge in [0.2, 0.25) is 0 Å². The highest BCUT2D eigenvalue weighted by Crippen LogP contribution is 2.78. The number of benzene rings is 2. The molecule has 1 aliphatic rings. The van der Waals surface area contributed by atoms with E-state index in [4.69, 9.17) is 42.1 Å². The lowest BCUT2D eigenvalue weighted by molar-refractivity contribution is 0.258. The molecule has 2 atom stereocenters. The van der Waals surface area contributed by atoms with Crippen molar-refractivity contribution >= 4 is 56.2 Å². The van der Waals surface area contributed by atoms with E-state index in [2.05, 4.69) is 0 Å². The van der Waals surface area contributed by atoms with E-state index in [1.807, 2.05) is 48.5 Å². The van der Waals surface area contributed by atoms with Gasteiger partial charge in [-0.1, -0.05) is 23.6 Å². The molecule has 2 aromatic carbocycles. The molecule has 0 aliphatic carbocycles. The third-order valence-electron chi connectivity index (χ3n) is 3.60. The van der Waals surface area contributed by atoms with Gasteiger partial charge < -0.3 is 18.5 Å². The highest BCUT2D eigenvalue weighted by molar-refractivity contribution is 9.00. The normalized spacial score (nSPS) is 26.6. The van der Waals surface area contributed by atoms with Crippen molar-refractivity contribution in [3.05, 3.63) is 48.5 Å². The molecular formula is C16H18O4P2S3. The number of methoxy groups -OCH3 is 2. The topological polar surface area (TPSA) is 36.9 Å². The van der Waals surface area contributed by atoms with Crippen LogP contribution in [-0.2, 0) is 32.7 Å². The minimum atomic E-state index is -2.36. The molecule has 0 aromatic heterocycles. The summed E-state index contributed by atoms with van der Waals surface area (Å²) in [7, 11) is 3.28. The van der Waals surface area contributed by atoms with Crippen LogP contribution in [0.25, 0.3) is 0 Å². The smallest absolute Gasteiger partial charge is 0.155 e. The molecule has 0 saturated carbocycles. The zero-order valence-corrected chi connectivity index (χ0v) is 18.0. The minimum Gasteiger partial charge on any atom is -0.497 e. The van der Waals surface area contributed by atoms with Gasteiger partial charge in [0.15, 0.2) is 10.9 Å². The minimum absolute atomic E-state index is 0.449. The quantitative estimate of drug-likeness (QED) is 0.675. The van der Waals surface area contributed by atoms with Crippen molar-refractivity contribution in [1.29, 1.82) is 0 Å². The van der Waals surface area contributed by atoms with Crippen molar-refractivity contribution < 1.29 is 18.5 Å². The summed E-state index contributed by atoms with van der Waals surface area (Å²) < 4.78 is 22.6. The Morgan fingerprint density at radius 3 is 1.44 bits per heavy atom. The second kappa shape index (κ2) is 8.10. The van der Waals surface area contributed by atoms with Gasteiger partial charge in [-0.05, 0) is 59.5 Å². The van der Waals surface area contributed by atoms with Crippen molar-refractivity contribution in [2.24, 2.45) is 0 Å². The third kappa shape index (κ3) is 4.30. The van der Waals surface area contributed by atoms with Crippen LogP contribution < -0.4 is 20.1 Å². The van der Waals surface area contributed by atoms with Gasteiger partial charge in [0.25, 0.3) is 0 Å². The Hall–Kier alpha value is -0.390. The summed E-state index contributed by atoms with van der Waals surface area (Å²) in [5.41, 5.74) is -4.72. The van der Waals surface area contributed by atoms with Crippen molar-refractivity contribution in [2.75, 3.05) is 27.4 Å². The zero-order chi connectivity index (χ0) is 17.9. The maximum Gasteiger partial charge on any atom is 0.155 e. The molecule has 1 aliphatic heterocycles. The van der Waals surface area contributed by atoms with Crippen LogP contribution in [0.15, 0.2) is 48.5 Å². The molecule has 2 unspecified atom stereocenters. The van der Waals surface area contributed by atoms with Gasteiger partial charge >= 0.3 is 0 Å². The van der Waals surface area contributed by atoms with E-state index >= 15 is 0 Å². The van der Waals surface area contributed by atoms with Crippen molar-refractivity contribution in [2.45, 2.75) is 0 Å². The lowest BCUT2D eigenvalue weighted by Crippen LogP contribution is -2.06. The van der Waals surface area contributed by atoms with Gasteiger partial charge in [-0.3, -0.25) is 0 Å². The predicted octanol–water partition coefficient (Wildman–Crippen LogP) is 4.05. The molecule has 0 spiro atoms. The third-order valence-corrected chi connectivity index (χ3v) is 19.5. The van der Waals surface area contributed by atoms with Crippen molar-refractivity contribution in [1.82, 2.24) is 0 Å². The fraction of sp³-hybridized carbons (Fsp3) is 0.250. The largest absolute Gasteiger partial charge is 0.497 e. The first kappa shape index (κ1) is 19.4. The molecular weight excluding hydrogens is 414 g/mol. The van der Waals surface area contributed by atoms with Gasteiger partial charge in [0, 0.05) is 10.6 Å². The number of hydrogen-bond donors (Lipinski definition) is 0. The summed E-state index contributed by atoms with van der Waals surface area (Å²) in [6.07, 6.45) is 0. The first-order valence-electron chi connectivity index (χ1n) is 7.49. The summed E-state index contributed by atoms with van der Waals surface area (Å²) in [4.78, 5) is 0. The molecule has 0 amide bonds. The first-order valence-corrected chi connectivity index (χ1v) is 15.0. The predicted molar refractivity (Wildman–Crippen MR) is 113 cm³/mol. The van der Waals surface area contributed by atoms with Crippen LogP contribution in [-0.4, -0.2) is 27.4 Å². The Morgan fingerprint density at radius 1 is 0.760 bits per heavy atom. The van der Waals surface area contributed by atoms with Gasteiger partial charge in [0.1, 0.15) is 11.5 Å². The summed E-state index contributed by atoms with van der Waals surface area (Å²) in [5.74, 6) is 1.58. The SMILES string of the molecule is COc1ccc(P2(=S)OCCOP(=S)(c3ccc(OC)cc3)S2)cc1. The molecule has 25 heavy (non-hydrogen) atoms. The summed E-state index contributed by atoms with van der Waals surface area (Å²) in [6, 6.07) is 15.5. The van der Waals surface area contributed by atoms with Crippen LogP contribution in [0.2, 0.25) is 0 Å². The van der Waals surface area contributed by atoms with E-state index in [1.54, 1.807) is 14.2 Å². The summed E-state index contributed by atoms with van der Waals surface area (Å²) >= 11 is 13.4. The highest BCUT2D eigenvalue weighted by Gasteiger charge is 2.36. The van der Waals surface area contributed by atoms with Gasteiger partial charge in [0.05, 0.1) is 27.4 Å². The maximum absolute atomic E-state index is 6.07.